The highest BCUT2D eigenvalue weighted by atomic mass is 16.5. The highest BCUT2D eigenvalue weighted by Gasteiger charge is 2.30. The average molecular weight is 372 g/mol. The van der Waals surface area contributed by atoms with Gasteiger partial charge in [0.05, 0.1) is 13.1 Å². The van der Waals surface area contributed by atoms with E-state index in [9.17, 15) is 9.59 Å². The summed E-state index contributed by atoms with van der Waals surface area (Å²) < 4.78 is 6.20. The van der Waals surface area contributed by atoms with Gasteiger partial charge in [0.1, 0.15) is 6.10 Å². The molecule has 0 unspecified atom stereocenters. The first-order valence-corrected chi connectivity index (χ1v) is 9.68. The molecule has 27 heavy (non-hydrogen) atoms. The van der Waals surface area contributed by atoms with Gasteiger partial charge in [0, 0.05) is 38.8 Å². The van der Waals surface area contributed by atoms with Crippen LogP contribution in [0.3, 0.4) is 0 Å². The van der Waals surface area contributed by atoms with Crippen LogP contribution in [0, 0.1) is 0 Å². The van der Waals surface area contributed by atoms with Gasteiger partial charge in [-0.25, -0.2) is 4.98 Å². The number of anilines is 1. The van der Waals surface area contributed by atoms with Crippen LogP contribution in [0.1, 0.15) is 26.2 Å². The number of rotatable bonds is 7. The van der Waals surface area contributed by atoms with Gasteiger partial charge >= 0.3 is 0 Å². The molecule has 3 rings (SSSR count). The van der Waals surface area contributed by atoms with E-state index in [1.807, 2.05) is 19.1 Å². The number of likely N-dealkylation sites (tertiary alicyclic amines) is 1. The van der Waals surface area contributed by atoms with Gasteiger partial charge in [-0.05, 0) is 38.0 Å². The molecule has 0 spiro atoms. The maximum Gasteiger partial charge on any atom is 0.246 e. The summed E-state index contributed by atoms with van der Waals surface area (Å²) in [6.07, 6.45) is 6.13. The van der Waals surface area contributed by atoms with Crippen molar-refractivity contribution in [3.8, 4) is 5.75 Å². The molecule has 2 aliphatic rings. The second-order valence-corrected chi connectivity index (χ2v) is 6.94. The van der Waals surface area contributed by atoms with Crippen LogP contribution >= 0.6 is 0 Å². The van der Waals surface area contributed by atoms with E-state index >= 15 is 0 Å². The predicted octanol–water partition coefficient (Wildman–Crippen LogP) is 1.70. The number of aromatic nitrogens is 1. The molecule has 1 aromatic rings. The lowest BCUT2D eigenvalue weighted by atomic mass is 10.3. The molecule has 1 aromatic heterocycles. The summed E-state index contributed by atoms with van der Waals surface area (Å²) in [4.78, 5) is 34.3. The first-order chi connectivity index (χ1) is 13.1. The van der Waals surface area contributed by atoms with Crippen molar-refractivity contribution in [2.24, 2.45) is 0 Å². The first kappa shape index (κ1) is 19.2. The Morgan fingerprint density at radius 2 is 2.15 bits per heavy atom. The molecule has 2 aliphatic heterocycles. The molecule has 3 heterocycles. The Hall–Kier alpha value is -2.57. The monoisotopic (exact) mass is 372 g/mol. The molecule has 0 radical (unpaired) electrons. The SMILES string of the molecule is C=CC(=O)N(CC)CC(=O)N1CC[C@H](Oc2cccnc2N2CCCC2)C1. The molecule has 0 saturated carbocycles. The van der Waals surface area contributed by atoms with Gasteiger partial charge < -0.3 is 19.4 Å². The van der Waals surface area contributed by atoms with Crippen molar-refractivity contribution >= 4 is 17.6 Å². The third-order valence-corrected chi connectivity index (χ3v) is 5.14. The van der Waals surface area contributed by atoms with Gasteiger partial charge in [-0.3, -0.25) is 9.59 Å². The van der Waals surface area contributed by atoms with Gasteiger partial charge in [0.15, 0.2) is 11.6 Å². The van der Waals surface area contributed by atoms with E-state index in [2.05, 4.69) is 16.5 Å². The molecule has 2 saturated heterocycles. The molecule has 146 valence electrons. The molecule has 0 N–H and O–H groups in total. The third kappa shape index (κ3) is 4.59. The van der Waals surface area contributed by atoms with Crippen molar-refractivity contribution < 1.29 is 14.3 Å². The minimum Gasteiger partial charge on any atom is -0.485 e. The minimum absolute atomic E-state index is 0.0512. The fourth-order valence-corrected chi connectivity index (χ4v) is 3.61. The van der Waals surface area contributed by atoms with Crippen LogP contribution in [0.2, 0.25) is 0 Å². The number of amides is 2. The fourth-order valence-electron chi connectivity index (χ4n) is 3.61. The van der Waals surface area contributed by atoms with Gasteiger partial charge in [0.2, 0.25) is 11.8 Å². The molecule has 7 heteroatoms. The van der Waals surface area contributed by atoms with Crippen molar-refractivity contribution in [3.63, 3.8) is 0 Å². The lowest BCUT2D eigenvalue weighted by Gasteiger charge is -2.24. The largest absolute Gasteiger partial charge is 0.485 e. The van der Waals surface area contributed by atoms with E-state index in [1.165, 1.54) is 23.8 Å². The number of carbonyl (C=O) groups is 2. The first-order valence-electron chi connectivity index (χ1n) is 9.68. The summed E-state index contributed by atoms with van der Waals surface area (Å²) in [5.74, 6) is 1.41. The number of carbonyl (C=O) groups excluding carboxylic acids is 2. The molecule has 2 amide bonds. The zero-order valence-corrected chi connectivity index (χ0v) is 16.0. The van der Waals surface area contributed by atoms with Crippen LogP contribution in [0.5, 0.6) is 5.75 Å². The number of pyridine rings is 1. The Morgan fingerprint density at radius 3 is 2.85 bits per heavy atom. The average Bonchev–Trinajstić information content (AvgIpc) is 3.38. The van der Waals surface area contributed by atoms with E-state index in [4.69, 9.17) is 4.74 Å². The molecule has 0 bridgehead atoms. The van der Waals surface area contributed by atoms with Crippen LogP contribution in [0.25, 0.3) is 0 Å². The summed E-state index contributed by atoms with van der Waals surface area (Å²) in [6, 6.07) is 3.83. The number of ether oxygens (including phenoxy) is 1. The molecule has 0 aliphatic carbocycles. The topological polar surface area (TPSA) is 66.0 Å². The van der Waals surface area contributed by atoms with E-state index in [0.29, 0.717) is 19.6 Å². The fraction of sp³-hybridized carbons (Fsp3) is 0.550. The normalized spacial score (nSPS) is 19.2. The Kier molecular flexibility index (Phi) is 6.32. The zero-order valence-electron chi connectivity index (χ0n) is 16.0. The Bertz CT molecular complexity index is 688. The lowest BCUT2D eigenvalue weighted by Crippen LogP contribution is -2.42. The highest BCUT2D eigenvalue weighted by molar-refractivity contribution is 5.90. The minimum atomic E-state index is -0.219. The van der Waals surface area contributed by atoms with E-state index in [0.717, 1.165) is 31.1 Å². The number of likely N-dealkylation sites (N-methyl/N-ethyl adjacent to an activating group) is 1. The van der Waals surface area contributed by atoms with Crippen LogP contribution in [0.4, 0.5) is 5.82 Å². The van der Waals surface area contributed by atoms with Crippen LogP contribution in [0.15, 0.2) is 31.0 Å². The van der Waals surface area contributed by atoms with Crippen molar-refractivity contribution in [1.82, 2.24) is 14.8 Å². The van der Waals surface area contributed by atoms with Crippen LogP contribution in [-0.2, 0) is 9.59 Å². The smallest absolute Gasteiger partial charge is 0.246 e. The molecule has 7 nitrogen and oxygen atoms in total. The van der Waals surface area contributed by atoms with Gasteiger partial charge in [-0.2, -0.15) is 0 Å². The number of hydrogen-bond acceptors (Lipinski definition) is 5. The molecule has 1 atom stereocenters. The van der Waals surface area contributed by atoms with Gasteiger partial charge in [-0.15, -0.1) is 0 Å². The second-order valence-electron chi connectivity index (χ2n) is 6.94. The van der Waals surface area contributed by atoms with E-state index in [-0.39, 0.29) is 24.5 Å². The Balaban J connectivity index is 1.58. The Morgan fingerprint density at radius 1 is 1.37 bits per heavy atom. The summed E-state index contributed by atoms with van der Waals surface area (Å²) in [6.45, 7) is 9.10. The van der Waals surface area contributed by atoms with Crippen LogP contribution in [-0.4, -0.2) is 72.0 Å². The third-order valence-electron chi connectivity index (χ3n) is 5.14. The molecule has 0 aromatic carbocycles. The molecular weight excluding hydrogens is 344 g/mol. The van der Waals surface area contributed by atoms with E-state index < -0.39 is 0 Å². The van der Waals surface area contributed by atoms with Gasteiger partial charge in [-0.1, -0.05) is 6.58 Å². The number of hydrogen-bond donors (Lipinski definition) is 0. The molecular formula is C20H28N4O3. The van der Waals surface area contributed by atoms with Crippen molar-refractivity contribution in [2.45, 2.75) is 32.3 Å². The number of nitrogens with zero attached hydrogens (tertiary/aromatic N) is 4. The quantitative estimate of drug-likeness (QED) is 0.682. The maximum absolute atomic E-state index is 12.5. The van der Waals surface area contributed by atoms with Crippen molar-refractivity contribution in [3.05, 3.63) is 31.0 Å². The predicted molar refractivity (Wildman–Crippen MR) is 104 cm³/mol. The van der Waals surface area contributed by atoms with Crippen molar-refractivity contribution in [2.75, 3.05) is 44.2 Å². The second kappa shape index (κ2) is 8.88. The summed E-state index contributed by atoms with van der Waals surface area (Å²) >= 11 is 0. The standard InChI is InChI=1S/C20H28N4O3/c1-3-18(25)22(4-2)15-19(26)24-13-9-16(14-24)27-17-8-7-10-21-20(17)23-11-5-6-12-23/h3,7-8,10,16H,1,4-6,9,11-15H2,2H3/t16-/m0/s1. The maximum atomic E-state index is 12.5. The van der Waals surface area contributed by atoms with Crippen molar-refractivity contribution in [1.29, 1.82) is 0 Å². The van der Waals surface area contributed by atoms with Gasteiger partial charge in [0.25, 0.3) is 0 Å². The highest BCUT2D eigenvalue weighted by Crippen LogP contribution is 2.30. The molecule has 2 fully saturated rings. The van der Waals surface area contributed by atoms with E-state index in [1.54, 1.807) is 11.1 Å². The lowest BCUT2D eigenvalue weighted by molar-refractivity contribution is -0.137. The zero-order chi connectivity index (χ0) is 19.2. The Labute approximate surface area is 160 Å². The summed E-state index contributed by atoms with van der Waals surface area (Å²) in [5.41, 5.74) is 0. The summed E-state index contributed by atoms with van der Waals surface area (Å²) in [5, 5.41) is 0. The summed E-state index contributed by atoms with van der Waals surface area (Å²) in [7, 11) is 0. The van der Waals surface area contributed by atoms with Crippen LogP contribution < -0.4 is 9.64 Å².